The molecule has 0 bridgehead atoms. The zero-order valence-electron chi connectivity index (χ0n) is 16.0. The molecule has 3 rings (SSSR count). The van der Waals surface area contributed by atoms with Crippen molar-refractivity contribution in [2.75, 3.05) is 0 Å². The van der Waals surface area contributed by atoms with Crippen molar-refractivity contribution >= 4 is 66.3 Å². The van der Waals surface area contributed by atoms with Gasteiger partial charge in [-0.15, -0.1) is 0 Å². The molecule has 0 N–H and O–H groups in total. The van der Waals surface area contributed by atoms with E-state index in [1.807, 2.05) is 61.5 Å². The topological polar surface area (TPSA) is 34.7 Å². The average molecular weight is 590 g/mol. The first-order chi connectivity index (χ1) is 13.1. The lowest BCUT2D eigenvalue weighted by molar-refractivity contribution is 0.525. The Hall–Kier alpha value is -0.810. The third kappa shape index (κ3) is 4.51. The normalized spacial score (nSPS) is 13.8. The van der Waals surface area contributed by atoms with Crippen molar-refractivity contribution in [2.24, 2.45) is 4.74 Å². The first-order valence-corrected chi connectivity index (χ1v) is 12.7. The summed E-state index contributed by atoms with van der Waals surface area (Å²) < 4.78 is 20.9. The molecule has 0 fully saturated rings. The predicted molar refractivity (Wildman–Crippen MR) is 128 cm³/mol. The molecule has 0 aliphatic rings. The molecule has 0 saturated carbocycles. The Bertz CT molecular complexity index is 1050. The van der Waals surface area contributed by atoms with E-state index in [0.717, 1.165) is 36.1 Å². The average Bonchev–Trinajstić information content (AvgIpc) is 3.04. The second-order valence-electron chi connectivity index (χ2n) is 7.35. The van der Waals surface area contributed by atoms with Gasteiger partial charge in [0.05, 0.1) is 10.2 Å². The summed E-state index contributed by atoms with van der Waals surface area (Å²) in [4.78, 5) is 0. The van der Waals surface area contributed by atoms with Crippen LogP contribution < -0.4 is 10.0 Å². The minimum atomic E-state index is -2.64. The van der Waals surface area contributed by atoms with Gasteiger partial charge < -0.3 is 8.94 Å². The number of furan rings is 1. The van der Waals surface area contributed by atoms with Gasteiger partial charge in [-0.25, -0.2) is 4.74 Å². The van der Waals surface area contributed by atoms with Crippen LogP contribution >= 0.6 is 55.1 Å². The van der Waals surface area contributed by atoms with Crippen LogP contribution in [0.3, 0.4) is 0 Å². The van der Waals surface area contributed by atoms with E-state index in [2.05, 4.69) is 68.6 Å². The zero-order valence-corrected chi connectivity index (χ0v) is 21.7. The summed E-state index contributed by atoms with van der Waals surface area (Å²) in [6.45, 7) is 8.37. The molecular formula is C21H21Br3NO2P. The molecule has 3 nitrogen and oxygen atoms in total. The fourth-order valence-electron chi connectivity index (χ4n) is 2.69. The van der Waals surface area contributed by atoms with Gasteiger partial charge in [0.15, 0.2) is 5.50 Å². The number of rotatable bonds is 4. The van der Waals surface area contributed by atoms with E-state index in [1.54, 1.807) is 0 Å². The predicted octanol–water partition coefficient (Wildman–Crippen LogP) is 8.83. The SMILES string of the molecule is Cc1ccc([P@](=Nc2ccccc2Br)(Oc2ccc(Br)cc2Br)C(C)(C)C)o1. The van der Waals surface area contributed by atoms with E-state index in [-0.39, 0.29) is 5.16 Å². The van der Waals surface area contributed by atoms with Crippen molar-refractivity contribution in [1.29, 1.82) is 0 Å². The van der Waals surface area contributed by atoms with Gasteiger partial charge in [-0.3, -0.25) is 0 Å². The van der Waals surface area contributed by atoms with E-state index < -0.39 is 7.28 Å². The first kappa shape index (κ1) is 21.9. The highest BCUT2D eigenvalue weighted by molar-refractivity contribution is 9.11. The molecule has 7 heteroatoms. The van der Waals surface area contributed by atoms with Gasteiger partial charge >= 0.3 is 0 Å². The molecule has 3 aromatic rings. The van der Waals surface area contributed by atoms with E-state index >= 15 is 0 Å². The van der Waals surface area contributed by atoms with E-state index in [9.17, 15) is 0 Å². The van der Waals surface area contributed by atoms with E-state index in [4.69, 9.17) is 13.7 Å². The minimum absolute atomic E-state index is 0.306. The molecule has 1 aromatic heterocycles. The summed E-state index contributed by atoms with van der Waals surface area (Å²) in [5.41, 5.74) is 1.61. The standard InChI is InChI=1S/C21H21Br3NO2P/c1-14-9-12-20(26-14)28(21(2,3)4,25-18-8-6-5-7-16(18)23)27-19-11-10-15(22)13-17(19)24/h5-13H,1-4H3/t28-/m0/s1. The fourth-order valence-corrected chi connectivity index (χ4v) is 7.39. The lowest BCUT2D eigenvalue weighted by Crippen LogP contribution is -2.26. The summed E-state index contributed by atoms with van der Waals surface area (Å²) in [6.07, 6.45) is 0. The molecule has 1 heterocycles. The Morgan fingerprint density at radius 1 is 0.929 bits per heavy atom. The lowest BCUT2D eigenvalue weighted by atomic mass is 10.3. The van der Waals surface area contributed by atoms with E-state index in [0.29, 0.717) is 0 Å². The van der Waals surface area contributed by atoms with Crippen LogP contribution in [0.25, 0.3) is 0 Å². The van der Waals surface area contributed by atoms with Gasteiger partial charge in [0.25, 0.3) is 0 Å². The highest BCUT2D eigenvalue weighted by Gasteiger charge is 2.42. The maximum atomic E-state index is 6.77. The van der Waals surface area contributed by atoms with Crippen molar-refractivity contribution in [2.45, 2.75) is 32.9 Å². The van der Waals surface area contributed by atoms with Gasteiger partial charge in [-0.05, 0) is 81.2 Å². The molecule has 28 heavy (non-hydrogen) atoms. The minimum Gasteiger partial charge on any atom is -0.457 e. The van der Waals surface area contributed by atoms with Gasteiger partial charge in [0.1, 0.15) is 11.5 Å². The number of benzene rings is 2. The highest BCUT2D eigenvalue weighted by atomic mass is 79.9. The molecule has 2 aromatic carbocycles. The van der Waals surface area contributed by atoms with Crippen molar-refractivity contribution in [3.8, 4) is 5.75 Å². The lowest BCUT2D eigenvalue weighted by Gasteiger charge is -2.35. The molecule has 0 radical (unpaired) electrons. The van der Waals surface area contributed by atoms with Gasteiger partial charge in [-0.1, -0.05) is 48.8 Å². The van der Waals surface area contributed by atoms with Crippen LogP contribution in [-0.4, -0.2) is 5.16 Å². The Labute approximate surface area is 191 Å². The number of hydrogen-bond donors (Lipinski definition) is 0. The molecule has 0 aliphatic heterocycles. The quantitative estimate of drug-likeness (QED) is 0.285. The van der Waals surface area contributed by atoms with Gasteiger partial charge in [-0.2, -0.15) is 0 Å². The van der Waals surface area contributed by atoms with Crippen LogP contribution in [0.4, 0.5) is 5.69 Å². The Morgan fingerprint density at radius 3 is 2.21 bits per heavy atom. The largest absolute Gasteiger partial charge is 0.457 e. The molecule has 148 valence electrons. The summed E-state index contributed by atoms with van der Waals surface area (Å²) in [6, 6.07) is 17.8. The fraction of sp³-hybridized carbons (Fsp3) is 0.238. The van der Waals surface area contributed by atoms with Crippen LogP contribution in [0.15, 0.2) is 77.2 Å². The van der Waals surface area contributed by atoms with Crippen LogP contribution in [-0.2, 0) is 0 Å². The second-order valence-corrected chi connectivity index (χ2v) is 13.3. The maximum absolute atomic E-state index is 6.77. The van der Waals surface area contributed by atoms with E-state index in [1.165, 1.54) is 0 Å². The van der Waals surface area contributed by atoms with Crippen molar-refractivity contribution in [3.05, 3.63) is 73.8 Å². The van der Waals surface area contributed by atoms with Crippen molar-refractivity contribution in [3.63, 3.8) is 0 Å². The second kappa shape index (κ2) is 8.51. The smallest absolute Gasteiger partial charge is 0.207 e. The Kier molecular flexibility index (Phi) is 6.65. The van der Waals surface area contributed by atoms with Crippen molar-refractivity contribution in [1.82, 2.24) is 0 Å². The van der Waals surface area contributed by atoms with Crippen LogP contribution in [0.5, 0.6) is 5.75 Å². The van der Waals surface area contributed by atoms with Crippen molar-refractivity contribution < 1.29 is 8.94 Å². The number of aryl methyl sites for hydroxylation is 1. The molecule has 0 saturated heterocycles. The maximum Gasteiger partial charge on any atom is 0.207 e. The first-order valence-electron chi connectivity index (χ1n) is 8.71. The Balaban J connectivity index is 2.32. The van der Waals surface area contributed by atoms with Gasteiger partial charge in [0.2, 0.25) is 7.28 Å². The van der Waals surface area contributed by atoms with Crippen LogP contribution in [0.2, 0.25) is 0 Å². The summed E-state index contributed by atoms with van der Waals surface area (Å²) in [5, 5.41) is -0.306. The summed E-state index contributed by atoms with van der Waals surface area (Å²) >= 11 is 10.8. The third-order valence-electron chi connectivity index (χ3n) is 4.16. The number of nitrogens with zero attached hydrogens (tertiary/aromatic N) is 1. The summed E-state index contributed by atoms with van der Waals surface area (Å²) in [5.74, 6) is 1.57. The van der Waals surface area contributed by atoms with Crippen LogP contribution in [0, 0.1) is 6.92 Å². The monoisotopic (exact) mass is 587 g/mol. The molecule has 0 spiro atoms. The molecule has 0 amide bonds. The Morgan fingerprint density at radius 2 is 1.64 bits per heavy atom. The van der Waals surface area contributed by atoms with Crippen LogP contribution in [0.1, 0.15) is 26.5 Å². The highest BCUT2D eigenvalue weighted by Crippen LogP contribution is 2.63. The third-order valence-corrected chi connectivity index (χ3v) is 9.56. The van der Waals surface area contributed by atoms with Gasteiger partial charge in [0, 0.05) is 14.1 Å². The zero-order chi connectivity index (χ0) is 20.5. The molecular weight excluding hydrogens is 569 g/mol. The number of halogens is 3. The summed E-state index contributed by atoms with van der Waals surface area (Å²) in [7, 11) is -2.64. The molecule has 0 unspecified atom stereocenters. The molecule has 0 aliphatic carbocycles. The number of hydrogen-bond acceptors (Lipinski definition) is 3. The molecule has 1 atom stereocenters.